The molecule has 0 saturated carbocycles. The number of ether oxygens (including phenoxy) is 1. The lowest BCUT2D eigenvalue weighted by Crippen LogP contribution is -2.28. The molecule has 0 aliphatic rings. The van der Waals surface area contributed by atoms with E-state index in [1.807, 2.05) is 0 Å². The molecule has 0 aliphatic carbocycles. The van der Waals surface area contributed by atoms with Crippen LogP contribution in [-0.2, 0) is 4.74 Å². The summed E-state index contributed by atoms with van der Waals surface area (Å²) in [5.41, 5.74) is 6.85. The van der Waals surface area contributed by atoms with Crippen LogP contribution >= 0.6 is 23.2 Å². The zero-order valence-corrected chi connectivity index (χ0v) is 13.7. The molecule has 0 aliphatic heterocycles. The Kier molecular flexibility index (Phi) is 6.02. The van der Waals surface area contributed by atoms with Crippen LogP contribution < -0.4 is 5.73 Å². The molecule has 120 valence electrons. The van der Waals surface area contributed by atoms with Crippen LogP contribution in [0.2, 0.25) is 5.02 Å². The van der Waals surface area contributed by atoms with Gasteiger partial charge in [-0.3, -0.25) is 4.79 Å². The number of hydrogen-bond acceptors (Lipinski definition) is 4. The molecule has 2 rings (SSSR count). The molecule has 2 aromatic carbocycles. The normalized spacial score (nSPS) is 11.7. The van der Waals surface area contributed by atoms with Crippen LogP contribution in [0, 0.1) is 0 Å². The van der Waals surface area contributed by atoms with Gasteiger partial charge in [0, 0.05) is 28.6 Å². The van der Waals surface area contributed by atoms with Crippen LogP contribution in [0.25, 0.3) is 0 Å². The highest BCUT2D eigenvalue weighted by Gasteiger charge is 2.24. The Hall–Kier alpha value is -2.04. The van der Waals surface area contributed by atoms with Gasteiger partial charge in [-0.25, -0.2) is 4.79 Å². The summed E-state index contributed by atoms with van der Waals surface area (Å²) in [6.07, 6.45) is -0.720. The fourth-order valence-corrected chi connectivity index (χ4v) is 2.28. The Labute approximate surface area is 144 Å². The smallest absolute Gasteiger partial charge is 0.338 e. The van der Waals surface area contributed by atoms with Crippen molar-refractivity contribution >= 4 is 40.6 Å². The molecular formula is C17H15Cl2NO3. The van der Waals surface area contributed by atoms with Crippen molar-refractivity contribution in [3.63, 3.8) is 0 Å². The van der Waals surface area contributed by atoms with Crippen molar-refractivity contribution in [1.82, 2.24) is 0 Å². The second kappa shape index (κ2) is 7.99. The van der Waals surface area contributed by atoms with Crippen molar-refractivity contribution < 1.29 is 14.3 Å². The van der Waals surface area contributed by atoms with Gasteiger partial charge in [-0.2, -0.15) is 0 Å². The van der Waals surface area contributed by atoms with Crippen molar-refractivity contribution in [2.45, 2.75) is 12.5 Å². The Balaban J connectivity index is 2.14. The number of benzene rings is 2. The molecule has 6 heteroatoms. The third-order valence-corrected chi connectivity index (χ3v) is 3.66. The van der Waals surface area contributed by atoms with Gasteiger partial charge in [-0.1, -0.05) is 11.6 Å². The summed E-state index contributed by atoms with van der Waals surface area (Å²) in [6.45, 7) is 0. The summed E-state index contributed by atoms with van der Waals surface area (Å²) in [5.74, 6) is -0.715. The van der Waals surface area contributed by atoms with Crippen molar-refractivity contribution in [3.8, 4) is 0 Å². The van der Waals surface area contributed by atoms with E-state index in [1.165, 1.54) is 0 Å². The first-order valence-electron chi connectivity index (χ1n) is 6.93. The lowest BCUT2D eigenvalue weighted by atomic mass is 10.0. The van der Waals surface area contributed by atoms with Crippen LogP contribution in [-0.4, -0.2) is 23.7 Å². The second-order valence-electron chi connectivity index (χ2n) is 4.86. The molecule has 0 aromatic heterocycles. The minimum Gasteiger partial charge on any atom is -0.450 e. The maximum atomic E-state index is 12.5. The van der Waals surface area contributed by atoms with Gasteiger partial charge in [0.1, 0.15) is 0 Å². The largest absolute Gasteiger partial charge is 0.450 e. The maximum absolute atomic E-state index is 12.5. The summed E-state index contributed by atoms with van der Waals surface area (Å²) < 4.78 is 5.32. The quantitative estimate of drug-likeness (QED) is 0.370. The minimum absolute atomic E-state index is 0.193. The summed E-state index contributed by atoms with van der Waals surface area (Å²) in [7, 11) is 0. The molecule has 0 fully saturated rings. The topological polar surface area (TPSA) is 69.4 Å². The number of carbonyl (C=O) groups is 2. The summed E-state index contributed by atoms with van der Waals surface area (Å²) in [6, 6.07) is 12.7. The SMILES string of the molecule is Nc1ccc(C(=O)O[C@@H](CCCl)C(=O)c2ccc(Cl)cc2)cc1. The number of halogens is 2. The highest BCUT2D eigenvalue weighted by molar-refractivity contribution is 6.30. The van der Waals surface area contributed by atoms with E-state index in [9.17, 15) is 9.59 Å². The van der Waals surface area contributed by atoms with Crippen molar-refractivity contribution in [2.75, 3.05) is 11.6 Å². The third kappa shape index (κ3) is 4.71. The summed E-state index contributed by atoms with van der Waals surface area (Å²) in [5, 5.41) is 0.523. The van der Waals surface area contributed by atoms with E-state index in [-0.39, 0.29) is 18.1 Å². The molecule has 0 unspecified atom stereocenters. The average Bonchev–Trinajstić information content (AvgIpc) is 2.55. The van der Waals surface area contributed by atoms with Gasteiger partial charge in [0.25, 0.3) is 0 Å². The molecule has 0 spiro atoms. The number of ketones is 1. The van der Waals surface area contributed by atoms with Gasteiger partial charge < -0.3 is 10.5 Å². The predicted octanol–water partition coefficient (Wildman–Crippen LogP) is 3.96. The first-order chi connectivity index (χ1) is 11.0. The first kappa shape index (κ1) is 17.3. The number of Topliss-reactive ketones (excluding diaryl/α,β-unsaturated/α-hetero) is 1. The average molecular weight is 352 g/mol. The summed E-state index contributed by atoms with van der Waals surface area (Å²) >= 11 is 11.5. The predicted molar refractivity (Wildman–Crippen MR) is 91.2 cm³/mol. The first-order valence-corrected chi connectivity index (χ1v) is 7.85. The molecular weight excluding hydrogens is 337 g/mol. The second-order valence-corrected chi connectivity index (χ2v) is 5.68. The molecule has 23 heavy (non-hydrogen) atoms. The fraction of sp³-hybridized carbons (Fsp3) is 0.176. The molecule has 0 saturated heterocycles. The zero-order valence-electron chi connectivity index (χ0n) is 12.2. The van der Waals surface area contributed by atoms with E-state index in [0.29, 0.717) is 21.8 Å². The summed E-state index contributed by atoms with van der Waals surface area (Å²) in [4.78, 5) is 24.6. The van der Waals surface area contributed by atoms with Gasteiger partial charge in [-0.15, -0.1) is 11.6 Å². The van der Waals surface area contributed by atoms with Gasteiger partial charge in [0.2, 0.25) is 5.78 Å². The molecule has 0 radical (unpaired) electrons. The van der Waals surface area contributed by atoms with Gasteiger partial charge in [0.15, 0.2) is 6.10 Å². The van der Waals surface area contributed by atoms with E-state index >= 15 is 0 Å². The van der Waals surface area contributed by atoms with Gasteiger partial charge in [0.05, 0.1) is 5.56 Å². The molecule has 0 bridgehead atoms. The Bertz CT molecular complexity index is 684. The number of anilines is 1. The molecule has 0 heterocycles. The van der Waals surface area contributed by atoms with Crippen LogP contribution in [0.4, 0.5) is 5.69 Å². The van der Waals surface area contributed by atoms with Crippen molar-refractivity contribution in [2.24, 2.45) is 0 Å². The standard InChI is InChI=1S/C17H15Cl2NO3/c18-10-9-15(16(21)11-1-5-13(19)6-2-11)23-17(22)12-3-7-14(20)8-4-12/h1-8,15H,9-10,20H2/t15-/m0/s1. The molecule has 1 atom stereocenters. The lowest BCUT2D eigenvalue weighted by molar-refractivity contribution is 0.0278. The van der Waals surface area contributed by atoms with E-state index in [1.54, 1.807) is 48.5 Å². The van der Waals surface area contributed by atoms with Gasteiger partial charge >= 0.3 is 5.97 Å². The maximum Gasteiger partial charge on any atom is 0.338 e. The highest BCUT2D eigenvalue weighted by Crippen LogP contribution is 2.16. The van der Waals surface area contributed by atoms with E-state index in [0.717, 1.165) is 0 Å². The minimum atomic E-state index is -0.946. The Morgan fingerprint density at radius 1 is 1.00 bits per heavy atom. The van der Waals surface area contributed by atoms with E-state index in [4.69, 9.17) is 33.7 Å². The van der Waals surface area contributed by atoms with E-state index < -0.39 is 12.1 Å². The molecule has 2 aromatic rings. The lowest BCUT2D eigenvalue weighted by Gasteiger charge is -2.16. The number of rotatable bonds is 6. The van der Waals surface area contributed by atoms with Gasteiger partial charge in [-0.05, 0) is 48.5 Å². The zero-order chi connectivity index (χ0) is 16.8. The van der Waals surface area contributed by atoms with Crippen molar-refractivity contribution in [3.05, 3.63) is 64.7 Å². The van der Waals surface area contributed by atoms with Crippen LogP contribution in [0.5, 0.6) is 0 Å². The Morgan fingerprint density at radius 3 is 2.13 bits per heavy atom. The molecule has 2 N–H and O–H groups in total. The fourth-order valence-electron chi connectivity index (χ4n) is 1.96. The van der Waals surface area contributed by atoms with E-state index in [2.05, 4.69) is 0 Å². The number of nitrogens with two attached hydrogens (primary N) is 1. The number of hydrogen-bond donors (Lipinski definition) is 1. The highest BCUT2D eigenvalue weighted by atomic mass is 35.5. The number of alkyl halides is 1. The van der Waals surface area contributed by atoms with Crippen LogP contribution in [0.1, 0.15) is 27.1 Å². The molecule has 4 nitrogen and oxygen atoms in total. The monoisotopic (exact) mass is 351 g/mol. The number of nitrogen functional groups attached to an aromatic ring is 1. The Morgan fingerprint density at radius 2 is 1.57 bits per heavy atom. The molecule has 0 amide bonds. The number of esters is 1. The number of carbonyl (C=O) groups excluding carboxylic acids is 2. The third-order valence-electron chi connectivity index (χ3n) is 3.19. The van der Waals surface area contributed by atoms with Crippen molar-refractivity contribution in [1.29, 1.82) is 0 Å². The van der Waals surface area contributed by atoms with Crippen LogP contribution in [0.3, 0.4) is 0 Å². The van der Waals surface area contributed by atoms with Crippen LogP contribution in [0.15, 0.2) is 48.5 Å².